The molecule has 16 rings (SSSR count). The molecule has 4 saturated heterocycles. The summed E-state index contributed by atoms with van der Waals surface area (Å²) in [6, 6.07) is 118. The van der Waals surface area contributed by atoms with Crippen molar-refractivity contribution in [1.82, 2.24) is 0 Å². The van der Waals surface area contributed by atoms with Gasteiger partial charge in [0.15, 0.2) is 25.2 Å². The van der Waals surface area contributed by atoms with Crippen molar-refractivity contribution in [3.8, 4) is 0 Å². The maximum Gasteiger partial charge on any atom is 0.187 e. The minimum Gasteiger partial charge on any atom is -0.385 e. The average Bonchev–Trinajstić information content (AvgIpc) is 0.755. The first kappa shape index (κ1) is 92.1. The largest absolute Gasteiger partial charge is 0.385 e. The van der Waals surface area contributed by atoms with Crippen molar-refractivity contribution in [3.05, 3.63) is 431 Å². The van der Waals surface area contributed by atoms with Crippen molar-refractivity contribution in [2.24, 2.45) is 0 Å². The van der Waals surface area contributed by atoms with Crippen LogP contribution < -0.4 is 0 Å². The van der Waals surface area contributed by atoms with Crippen LogP contribution in [0.1, 0.15) is 66.8 Å². The molecule has 20 atom stereocenters. The van der Waals surface area contributed by atoms with E-state index in [1.165, 1.54) is 0 Å². The van der Waals surface area contributed by atoms with Gasteiger partial charge in [-0.05, 0) is 66.8 Å². The summed E-state index contributed by atoms with van der Waals surface area (Å²) in [5.41, 5.74) is 10.4. The van der Waals surface area contributed by atoms with Crippen LogP contribution in [0.15, 0.2) is 364 Å². The highest BCUT2D eigenvalue weighted by molar-refractivity contribution is 5.23. The lowest BCUT2D eigenvalue weighted by atomic mass is 9.94. The van der Waals surface area contributed by atoms with E-state index >= 15 is 0 Å². The Labute approximate surface area is 755 Å². The van der Waals surface area contributed by atoms with Crippen molar-refractivity contribution in [2.75, 3.05) is 26.4 Å². The Morgan fingerprint density at radius 3 is 0.581 bits per heavy atom. The van der Waals surface area contributed by atoms with Gasteiger partial charge in [0.05, 0.1) is 106 Å². The molecule has 21 heteroatoms. The summed E-state index contributed by atoms with van der Waals surface area (Å²) >= 11 is 0. The molecule has 0 bridgehead atoms. The maximum absolute atomic E-state index is 13.8. The van der Waals surface area contributed by atoms with E-state index in [0.29, 0.717) is 0 Å². The number of hydrogen-bond donors (Lipinski definition) is 2. The SMILES string of the molecule is OC1OC(COCc2ccccc2)[C@@H](OCc2ccccc2)[C@H](OCc2ccccc2)C1O[C@H]1OC(COCc2ccccc2)[C@@H](OCc2ccccc2)[C@H](OCc2ccccc2)C1O[C@H]1OC(COCc2ccccc2)[C@@H](OCc2ccccc2)[C@H](OCc2ccccc2)C1O[C@H]1OC(COCc2ccccc2)[C@@H](OCc2ccccc2)[C@H](OCc2ccccc2)C1O. The lowest BCUT2D eigenvalue weighted by Crippen LogP contribution is -2.69. The summed E-state index contributed by atoms with van der Waals surface area (Å²) < 4.78 is 139. The van der Waals surface area contributed by atoms with Crippen molar-refractivity contribution >= 4 is 0 Å². The monoisotopic (exact) mass is 1750 g/mol. The second-order valence-corrected chi connectivity index (χ2v) is 32.6. The van der Waals surface area contributed by atoms with Crippen molar-refractivity contribution in [1.29, 1.82) is 0 Å². The normalized spacial score (nSPS) is 25.8. The first-order valence-electron chi connectivity index (χ1n) is 44.5. The van der Waals surface area contributed by atoms with Crippen LogP contribution in [0, 0.1) is 0 Å². The molecule has 0 saturated carbocycles. The van der Waals surface area contributed by atoms with Gasteiger partial charge in [0, 0.05) is 0 Å². The van der Waals surface area contributed by atoms with Gasteiger partial charge >= 0.3 is 0 Å². The van der Waals surface area contributed by atoms with Gasteiger partial charge in [0.1, 0.15) is 97.7 Å². The summed E-state index contributed by atoms with van der Waals surface area (Å²) in [6.07, 6.45) is -25.9. The van der Waals surface area contributed by atoms with E-state index in [0.717, 1.165) is 66.8 Å². The van der Waals surface area contributed by atoms with Crippen molar-refractivity contribution in [3.63, 3.8) is 0 Å². The van der Waals surface area contributed by atoms with Crippen LogP contribution in [0.5, 0.6) is 0 Å². The number of hydrogen-bond acceptors (Lipinski definition) is 21. The molecule has 672 valence electrons. The standard InChI is InChI=1S/C108H114O21/c109-93-98(119-69-85-53-29-9-30-54-85)94(115-65-81-45-21-5-22-46-81)90(74-112-62-78-39-15-2-16-40-78)124-106(93)128-103-100(121-71-87-57-33-11-34-58-87)96(117-67-83-49-25-7-26-50-83)92(76-114-64-80-43-19-4-20-44-80)126-108(103)129-104-101(122-72-88-59-35-12-36-60-88)97(118-68-84-51-27-8-28-52-84)91(75-113-63-79-41-17-3-18-42-79)125-107(104)127-102-99(120-70-86-55-31-10-32-56-86)95(116-66-82-47-23-6-24-48-82)89(123-105(102)110)73-111-61-77-37-13-1-14-38-77/h1-60,89-110H,61-76H2/t89?,90?,91?,92?,93?,94-,95-,96-,97-,98-,99+,100+,101+,102?,103?,104?,105?,106-,107-,108-/m1/s1. The molecule has 12 aromatic carbocycles. The Morgan fingerprint density at radius 1 is 0.171 bits per heavy atom. The fraction of sp³-hybridized carbons (Fsp3) is 0.333. The van der Waals surface area contributed by atoms with Crippen LogP contribution in [0.4, 0.5) is 0 Å². The molecule has 0 amide bonds. The van der Waals surface area contributed by atoms with Gasteiger partial charge in [-0.15, -0.1) is 0 Å². The lowest BCUT2D eigenvalue weighted by molar-refractivity contribution is -0.415. The molecule has 4 fully saturated rings. The predicted molar refractivity (Wildman–Crippen MR) is 482 cm³/mol. The van der Waals surface area contributed by atoms with E-state index in [9.17, 15) is 10.2 Å². The van der Waals surface area contributed by atoms with E-state index in [2.05, 4.69) is 0 Å². The molecule has 0 aromatic heterocycles. The van der Waals surface area contributed by atoms with Gasteiger partial charge < -0.3 is 100 Å². The zero-order chi connectivity index (χ0) is 87.7. The van der Waals surface area contributed by atoms with Gasteiger partial charge in [0.2, 0.25) is 0 Å². The second kappa shape index (κ2) is 49.2. The van der Waals surface area contributed by atoms with E-state index in [4.69, 9.17) is 90.0 Å². The highest BCUT2D eigenvalue weighted by Crippen LogP contribution is 2.42. The molecule has 0 radical (unpaired) electrons. The zero-order valence-electron chi connectivity index (χ0n) is 72.2. The van der Waals surface area contributed by atoms with Gasteiger partial charge in [-0.2, -0.15) is 0 Å². The van der Waals surface area contributed by atoms with E-state index in [1.807, 2.05) is 364 Å². The third-order valence-corrected chi connectivity index (χ3v) is 23.1. The lowest BCUT2D eigenvalue weighted by Gasteiger charge is -2.52. The third kappa shape index (κ3) is 27.0. The zero-order valence-corrected chi connectivity index (χ0v) is 72.2. The first-order chi connectivity index (χ1) is 63.8. The smallest absolute Gasteiger partial charge is 0.187 e. The number of aliphatic hydroxyl groups excluding tert-OH is 2. The van der Waals surface area contributed by atoms with Gasteiger partial charge in [-0.1, -0.05) is 364 Å². The molecule has 4 aliphatic rings. The Balaban J connectivity index is 0.857. The summed E-state index contributed by atoms with van der Waals surface area (Å²) in [4.78, 5) is 0. The number of ether oxygens (including phenoxy) is 19. The Bertz CT molecular complexity index is 5070. The van der Waals surface area contributed by atoms with Gasteiger partial charge in [-0.3, -0.25) is 0 Å². The molecule has 0 aliphatic carbocycles. The Morgan fingerprint density at radius 2 is 0.341 bits per heavy atom. The van der Waals surface area contributed by atoms with Gasteiger partial charge in [0.25, 0.3) is 0 Å². The van der Waals surface area contributed by atoms with Gasteiger partial charge in [-0.25, -0.2) is 0 Å². The third-order valence-electron chi connectivity index (χ3n) is 23.1. The maximum atomic E-state index is 13.8. The summed E-state index contributed by atoms with van der Waals surface area (Å²) in [7, 11) is 0. The van der Waals surface area contributed by atoms with Crippen LogP contribution in [-0.4, -0.2) is 159 Å². The van der Waals surface area contributed by atoms with E-state index in [1.54, 1.807) is 0 Å². The quantitative estimate of drug-likeness (QED) is 0.0363. The molecule has 12 aromatic rings. The second-order valence-electron chi connectivity index (χ2n) is 32.6. The topological polar surface area (TPSA) is 216 Å². The van der Waals surface area contributed by atoms with Crippen LogP contribution in [0.3, 0.4) is 0 Å². The number of benzene rings is 12. The molecular weight excluding hydrogens is 1630 g/mol. The number of aliphatic hydroxyl groups is 2. The molecule has 21 nitrogen and oxygen atoms in total. The Hall–Kier alpha value is -10.2. The van der Waals surface area contributed by atoms with Crippen molar-refractivity contribution < 1.29 is 100 Å². The minimum atomic E-state index is -1.78. The average molecular weight is 1750 g/mol. The molecule has 4 aliphatic heterocycles. The highest BCUT2D eigenvalue weighted by atomic mass is 16.8. The van der Waals surface area contributed by atoms with Crippen LogP contribution in [0.25, 0.3) is 0 Å². The first-order valence-corrected chi connectivity index (χ1v) is 44.5. The summed E-state index contributed by atoms with van der Waals surface area (Å²) in [5.74, 6) is 0. The highest BCUT2D eigenvalue weighted by Gasteiger charge is 2.59. The molecule has 9 unspecified atom stereocenters. The summed E-state index contributed by atoms with van der Waals surface area (Å²) in [5, 5.41) is 27.2. The van der Waals surface area contributed by atoms with Crippen LogP contribution in [0.2, 0.25) is 0 Å². The van der Waals surface area contributed by atoms with Crippen molar-refractivity contribution in [2.45, 2.75) is 202 Å². The fourth-order valence-electron chi connectivity index (χ4n) is 16.5. The predicted octanol–water partition coefficient (Wildman–Crippen LogP) is 16.9. The Kier molecular flexibility index (Phi) is 35.1. The summed E-state index contributed by atoms with van der Waals surface area (Å²) in [6.45, 7) is 0.934. The van der Waals surface area contributed by atoms with E-state index in [-0.39, 0.29) is 106 Å². The van der Waals surface area contributed by atoms with Crippen LogP contribution >= 0.6 is 0 Å². The minimum absolute atomic E-state index is 0.00000305. The molecule has 4 heterocycles. The fourth-order valence-corrected chi connectivity index (χ4v) is 16.5. The molecule has 0 spiro atoms. The molecular formula is C108H114O21. The molecule has 129 heavy (non-hydrogen) atoms. The molecule has 2 N–H and O–H groups in total. The van der Waals surface area contributed by atoms with E-state index < -0.39 is 123 Å². The number of rotatable bonds is 46. The van der Waals surface area contributed by atoms with Crippen LogP contribution in [-0.2, 0) is 169 Å².